The molecule has 2 aromatic heterocycles. The summed E-state index contributed by atoms with van der Waals surface area (Å²) >= 11 is 1.64. The predicted octanol–water partition coefficient (Wildman–Crippen LogP) is 2.20. The third kappa shape index (κ3) is 3.18. The van der Waals surface area contributed by atoms with Crippen molar-refractivity contribution in [2.24, 2.45) is 7.05 Å². The van der Waals surface area contributed by atoms with Gasteiger partial charge in [0.1, 0.15) is 11.0 Å². The monoisotopic (exact) mass is 355 g/mol. The van der Waals surface area contributed by atoms with Crippen molar-refractivity contribution >= 4 is 27.5 Å². The van der Waals surface area contributed by atoms with Gasteiger partial charge in [0.05, 0.1) is 22.8 Å². The average Bonchev–Trinajstić information content (AvgIpc) is 3.31. The van der Waals surface area contributed by atoms with Crippen molar-refractivity contribution in [1.29, 1.82) is 0 Å². The zero-order valence-corrected chi connectivity index (χ0v) is 15.1. The van der Waals surface area contributed by atoms with Crippen molar-refractivity contribution in [2.75, 3.05) is 7.05 Å². The highest BCUT2D eigenvalue weighted by atomic mass is 32.1. The Hall–Kier alpha value is -2.22. The summed E-state index contributed by atoms with van der Waals surface area (Å²) < 4.78 is 3.24. The van der Waals surface area contributed by atoms with Crippen molar-refractivity contribution in [3.63, 3.8) is 0 Å². The van der Waals surface area contributed by atoms with Gasteiger partial charge in [0.2, 0.25) is 5.91 Å². The number of hydrogen-bond donors (Lipinski definition) is 2. The van der Waals surface area contributed by atoms with Crippen molar-refractivity contribution < 1.29 is 4.79 Å². The number of hydrazine groups is 1. The normalized spacial score (nSPS) is 20.2. The van der Waals surface area contributed by atoms with Crippen LogP contribution in [0.4, 0.5) is 0 Å². The van der Waals surface area contributed by atoms with Gasteiger partial charge < -0.3 is 9.47 Å². The van der Waals surface area contributed by atoms with Gasteiger partial charge in [-0.1, -0.05) is 12.1 Å². The van der Waals surface area contributed by atoms with E-state index in [9.17, 15) is 4.79 Å². The summed E-state index contributed by atoms with van der Waals surface area (Å²) in [6.45, 7) is 0.533. The van der Waals surface area contributed by atoms with Crippen molar-refractivity contribution in [2.45, 2.75) is 25.0 Å². The third-order valence-electron chi connectivity index (χ3n) is 4.63. The van der Waals surface area contributed by atoms with E-state index >= 15 is 0 Å². The van der Waals surface area contributed by atoms with Crippen molar-refractivity contribution in [1.82, 2.24) is 25.3 Å². The molecule has 2 unspecified atom stereocenters. The summed E-state index contributed by atoms with van der Waals surface area (Å²) in [5.74, 6) is 0.0865. The van der Waals surface area contributed by atoms with E-state index in [0.717, 1.165) is 21.6 Å². The van der Waals surface area contributed by atoms with Gasteiger partial charge in [-0.15, -0.1) is 11.3 Å². The molecule has 4 rings (SSSR count). The highest BCUT2D eigenvalue weighted by Crippen LogP contribution is 2.25. The first-order valence-corrected chi connectivity index (χ1v) is 9.15. The lowest BCUT2D eigenvalue weighted by molar-refractivity contribution is -0.132. The second kappa shape index (κ2) is 6.59. The third-order valence-corrected chi connectivity index (χ3v) is 5.65. The number of amides is 1. The first kappa shape index (κ1) is 16.3. The van der Waals surface area contributed by atoms with Gasteiger partial charge in [0.25, 0.3) is 0 Å². The molecule has 130 valence electrons. The van der Waals surface area contributed by atoms with E-state index in [2.05, 4.69) is 32.5 Å². The summed E-state index contributed by atoms with van der Waals surface area (Å²) in [4.78, 5) is 19.1. The number of rotatable bonds is 4. The number of thiazole rings is 1. The van der Waals surface area contributed by atoms with Crippen LogP contribution < -0.4 is 10.9 Å². The van der Waals surface area contributed by atoms with E-state index in [1.54, 1.807) is 16.2 Å². The zero-order chi connectivity index (χ0) is 17.4. The first-order valence-electron chi connectivity index (χ1n) is 8.33. The van der Waals surface area contributed by atoms with Crippen LogP contribution in [-0.2, 0) is 18.4 Å². The van der Waals surface area contributed by atoms with Crippen molar-refractivity contribution in [3.8, 4) is 0 Å². The molecule has 1 aliphatic rings. The molecular weight excluding hydrogens is 334 g/mol. The SMILES string of the molecule is CN(Cc1nc2ccccc2s1)C(=O)C1CC(c2cccn2C)NN1. The number of carbonyl (C=O) groups is 1. The van der Waals surface area contributed by atoms with Crippen LogP contribution in [0.5, 0.6) is 0 Å². The standard InChI is InChI=1S/C18H21N5OS/c1-22-9-5-7-15(22)13-10-14(21-20-13)18(24)23(2)11-17-19-12-6-3-4-8-16(12)25-17/h3-9,13-14,20-21H,10-11H2,1-2H3. The molecule has 0 spiro atoms. The summed E-state index contributed by atoms with van der Waals surface area (Å²) in [6.07, 6.45) is 2.76. The number of benzene rings is 1. The van der Waals surface area contributed by atoms with Crippen molar-refractivity contribution in [3.05, 3.63) is 53.3 Å². The molecule has 6 nitrogen and oxygen atoms in total. The van der Waals surface area contributed by atoms with E-state index < -0.39 is 0 Å². The van der Waals surface area contributed by atoms with Gasteiger partial charge in [0.15, 0.2) is 0 Å². The number of aryl methyl sites for hydroxylation is 1. The molecule has 3 aromatic rings. The lowest BCUT2D eigenvalue weighted by Gasteiger charge is -2.19. The maximum absolute atomic E-state index is 12.8. The molecule has 0 aliphatic carbocycles. The molecule has 1 fully saturated rings. The maximum Gasteiger partial charge on any atom is 0.241 e. The van der Waals surface area contributed by atoms with Crippen LogP contribution in [0.1, 0.15) is 23.2 Å². The Morgan fingerprint density at radius 1 is 1.32 bits per heavy atom. The summed E-state index contributed by atoms with van der Waals surface area (Å²) in [6, 6.07) is 12.1. The van der Waals surface area contributed by atoms with Crippen LogP contribution >= 0.6 is 11.3 Å². The van der Waals surface area contributed by atoms with Crippen LogP contribution in [0.15, 0.2) is 42.6 Å². The molecule has 3 heterocycles. The Labute approximate surface area is 150 Å². The molecule has 0 saturated carbocycles. The number of carbonyl (C=O) groups excluding carboxylic acids is 1. The van der Waals surface area contributed by atoms with Crippen LogP contribution in [0, 0.1) is 0 Å². The first-order chi connectivity index (χ1) is 12.1. The quantitative estimate of drug-likeness (QED) is 0.753. The van der Waals surface area contributed by atoms with E-state index in [1.807, 2.05) is 44.6 Å². The molecule has 1 aliphatic heterocycles. The summed E-state index contributed by atoms with van der Waals surface area (Å²) in [5, 5.41) is 0.960. The molecule has 2 N–H and O–H groups in total. The lowest BCUT2D eigenvalue weighted by Crippen LogP contribution is -2.43. The fraction of sp³-hybridized carbons (Fsp3) is 0.333. The number of aromatic nitrogens is 2. The molecule has 1 amide bonds. The largest absolute Gasteiger partial charge is 0.353 e. The van der Waals surface area contributed by atoms with E-state index in [4.69, 9.17) is 0 Å². The van der Waals surface area contributed by atoms with Crippen LogP contribution in [-0.4, -0.2) is 33.4 Å². The van der Waals surface area contributed by atoms with E-state index in [1.165, 1.54) is 5.69 Å². The maximum atomic E-state index is 12.8. The number of hydrogen-bond acceptors (Lipinski definition) is 5. The summed E-state index contributed by atoms with van der Waals surface area (Å²) in [7, 11) is 3.86. The number of nitrogens with zero attached hydrogens (tertiary/aromatic N) is 3. The second-order valence-electron chi connectivity index (χ2n) is 6.44. The highest BCUT2D eigenvalue weighted by molar-refractivity contribution is 7.18. The van der Waals surface area contributed by atoms with Crippen LogP contribution in [0.3, 0.4) is 0 Å². The average molecular weight is 355 g/mol. The molecule has 25 heavy (non-hydrogen) atoms. The lowest BCUT2D eigenvalue weighted by atomic mass is 10.1. The van der Waals surface area contributed by atoms with Gasteiger partial charge in [-0.25, -0.2) is 15.8 Å². The number of nitrogens with one attached hydrogen (secondary N) is 2. The second-order valence-corrected chi connectivity index (χ2v) is 7.56. The van der Waals surface area contributed by atoms with Crippen LogP contribution in [0.2, 0.25) is 0 Å². The number of fused-ring (bicyclic) bond motifs is 1. The van der Waals surface area contributed by atoms with E-state index in [0.29, 0.717) is 6.54 Å². The van der Waals surface area contributed by atoms with Gasteiger partial charge in [-0.3, -0.25) is 4.79 Å². The minimum Gasteiger partial charge on any atom is -0.353 e. The molecule has 7 heteroatoms. The molecular formula is C18H21N5OS. The van der Waals surface area contributed by atoms with Crippen LogP contribution in [0.25, 0.3) is 10.2 Å². The van der Waals surface area contributed by atoms with Gasteiger partial charge in [0, 0.05) is 26.0 Å². The smallest absolute Gasteiger partial charge is 0.241 e. The molecule has 2 atom stereocenters. The topological polar surface area (TPSA) is 62.2 Å². The minimum atomic E-state index is -0.223. The molecule has 1 saturated heterocycles. The number of para-hydroxylation sites is 1. The fourth-order valence-corrected chi connectivity index (χ4v) is 4.30. The Morgan fingerprint density at radius 2 is 2.16 bits per heavy atom. The Balaban J connectivity index is 1.41. The number of likely N-dealkylation sites (N-methyl/N-ethyl adjacent to an activating group) is 1. The molecule has 0 radical (unpaired) electrons. The predicted molar refractivity (Wildman–Crippen MR) is 98.9 cm³/mol. The van der Waals surface area contributed by atoms with Gasteiger partial charge >= 0.3 is 0 Å². The highest BCUT2D eigenvalue weighted by Gasteiger charge is 2.33. The Morgan fingerprint density at radius 3 is 2.92 bits per heavy atom. The Bertz CT molecular complexity index is 869. The van der Waals surface area contributed by atoms with E-state index in [-0.39, 0.29) is 18.0 Å². The van der Waals surface area contributed by atoms with Gasteiger partial charge in [-0.05, 0) is 30.7 Å². The fourth-order valence-electron chi connectivity index (χ4n) is 3.28. The Kier molecular flexibility index (Phi) is 4.29. The summed E-state index contributed by atoms with van der Waals surface area (Å²) in [5.41, 5.74) is 8.55. The molecule has 0 bridgehead atoms. The molecule has 1 aromatic carbocycles. The van der Waals surface area contributed by atoms with Gasteiger partial charge in [-0.2, -0.15) is 0 Å². The minimum absolute atomic E-state index is 0.0865. The zero-order valence-electron chi connectivity index (χ0n) is 14.3.